The molecule has 1 atom stereocenters. The zero-order chi connectivity index (χ0) is 20.2. The summed E-state index contributed by atoms with van der Waals surface area (Å²) in [6.45, 7) is 4.15. The van der Waals surface area contributed by atoms with Gasteiger partial charge in [0.05, 0.1) is 13.2 Å². The minimum absolute atomic E-state index is 0. The zero-order valence-corrected chi connectivity index (χ0v) is 19.3. The molecule has 0 radical (unpaired) electrons. The number of hydrogen-bond donors (Lipinski definition) is 2. The van der Waals surface area contributed by atoms with Gasteiger partial charge in [-0.05, 0) is 36.8 Å². The Balaban J connectivity index is 0.00000420. The van der Waals surface area contributed by atoms with Crippen molar-refractivity contribution in [2.75, 3.05) is 33.9 Å². The first kappa shape index (κ1) is 25.0. The maximum absolute atomic E-state index is 13.2. The first-order chi connectivity index (χ1) is 13.6. The van der Waals surface area contributed by atoms with E-state index in [2.05, 4.69) is 15.6 Å². The fourth-order valence-corrected chi connectivity index (χ4v) is 2.41. The molecule has 0 saturated carbocycles. The van der Waals surface area contributed by atoms with Crippen LogP contribution in [0.2, 0.25) is 0 Å². The van der Waals surface area contributed by atoms with Crippen LogP contribution < -0.4 is 20.1 Å². The Hall–Kier alpha value is -2.07. The molecular formula is C21H29FIN3O3. The second-order valence-electron chi connectivity index (χ2n) is 6.18. The highest BCUT2D eigenvalue weighted by atomic mass is 127. The van der Waals surface area contributed by atoms with Gasteiger partial charge < -0.3 is 24.8 Å². The van der Waals surface area contributed by atoms with E-state index >= 15 is 0 Å². The van der Waals surface area contributed by atoms with Crippen molar-refractivity contribution in [2.24, 2.45) is 4.99 Å². The van der Waals surface area contributed by atoms with Crippen molar-refractivity contribution >= 4 is 29.9 Å². The van der Waals surface area contributed by atoms with E-state index in [1.54, 1.807) is 26.3 Å². The average molecular weight is 517 g/mol. The summed E-state index contributed by atoms with van der Waals surface area (Å²) in [4.78, 5) is 4.20. The third-order valence-electron chi connectivity index (χ3n) is 3.85. The molecule has 0 saturated heterocycles. The molecule has 0 heterocycles. The van der Waals surface area contributed by atoms with Crippen molar-refractivity contribution in [3.05, 3.63) is 59.9 Å². The summed E-state index contributed by atoms with van der Waals surface area (Å²) in [5, 5.41) is 6.45. The second kappa shape index (κ2) is 14.0. The lowest BCUT2D eigenvalue weighted by atomic mass is 10.2. The Kier molecular flexibility index (Phi) is 12.1. The van der Waals surface area contributed by atoms with Gasteiger partial charge in [0.15, 0.2) is 5.96 Å². The number of rotatable bonds is 10. The molecule has 0 fully saturated rings. The molecule has 0 spiro atoms. The maximum Gasteiger partial charge on any atom is 0.191 e. The molecule has 0 aliphatic heterocycles. The number of hydrogen-bond acceptors (Lipinski definition) is 4. The minimum Gasteiger partial charge on any atom is -0.491 e. The number of halogens is 2. The van der Waals surface area contributed by atoms with Crippen LogP contribution in [0.25, 0.3) is 0 Å². The fourth-order valence-electron chi connectivity index (χ4n) is 2.41. The third-order valence-corrected chi connectivity index (χ3v) is 3.85. The van der Waals surface area contributed by atoms with E-state index in [-0.39, 0.29) is 35.9 Å². The summed E-state index contributed by atoms with van der Waals surface area (Å²) in [6.07, 6.45) is -0.149. The van der Waals surface area contributed by atoms with Gasteiger partial charge >= 0.3 is 0 Å². The second-order valence-corrected chi connectivity index (χ2v) is 6.18. The average Bonchev–Trinajstić information content (AvgIpc) is 2.69. The van der Waals surface area contributed by atoms with Crippen LogP contribution in [0.15, 0.2) is 53.5 Å². The summed E-state index contributed by atoms with van der Waals surface area (Å²) >= 11 is 0. The van der Waals surface area contributed by atoms with Crippen LogP contribution in [0, 0.1) is 5.82 Å². The van der Waals surface area contributed by atoms with E-state index in [1.807, 2.05) is 31.2 Å². The number of guanidine groups is 1. The number of aliphatic imine (C=N–C) groups is 1. The van der Waals surface area contributed by atoms with Crippen molar-refractivity contribution in [2.45, 2.75) is 19.6 Å². The van der Waals surface area contributed by atoms with Crippen LogP contribution in [0.1, 0.15) is 12.5 Å². The monoisotopic (exact) mass is 517 g/mol. The van der Waals surface area contributed by atoms with E-state index < -0.39 is 0 Å². The minimum atomic E-state index is -0.315. The first-order valence-electron chi connectivity index (χ1n) is 9.18. The number of nitrogens with zero attached hydrogens (tertiary/aromatic N) is 1. The van der Waals surface area contributed by atoms with Crippen LogP contribution >= 0.6 is 24.0 Å². The van der Waals surface area contributed by atoms with Crippen molar-refractivity contribution in [1.29, 1.82) is 0 Å². The summed E-state index contributed by atoms with van der Waals surface area (Å²) in [5.74, 6) is 1.66. The first-order valence-corrected chi connectivity index (χ1v) is 9.18. The largest absolute Gasteiger partial charge is 0.491 e. The van der Waals surface area contributed by atoms with E-state index in [9.17, 15) is 4.39 Å². The Bertz CT molecular complexity index is 744. The molecule has 2 aromatic rings. The van der Waals surface area contributed by atoms with Crippen LogP contribution in [-0.2, 0) is 11.3 Å². The molecule has 0 amide bonds. The molecule has 2 aromatic carbocycles. The van der Waals surface area contributed by atoms with Crippen molar-refractivity contribution in [3.63, 3.8) is 0 Å². The molecule has 0 aliphatic rings. The molecule has 2 rings (SSSR count). The van der Waals surface area contributed by atoms with Gasteiger partial charge in [-0.3, -0.25) is 4.99 Å². The van der Waals surface area contributed by atoms with Crippen molar-refractivity contribution < 1.29 is 18.6 Å². The van der Waals surface area contributed by atoms with E-state index in [0.717, 1.165) is 11.3 Å². The summed E-state index contributed by atoms with van der Waals surface area (Å²) < 4.78 is 29.4. The SMILES string of the molecule is CN=C(NCc1ccc(OCCOC)cc1)NCC(C)Oc1cccc(F)c1.I. The van der Waals surface area contributed by atoms with Crippen molar-refractivity contribution in [1.82, 2.24) is 10.6 Å². The molecule has 0 bridgehead atoms. The Morgan fingerprint density at radius 2 is 1.83 bits per heavy atom. The van der Waals surface area contributed by atoms with Gasteiger partial charge in [0.25, 0.3) is 0 Å². The van der Waals surface area contributed by atoms with Gasteiger partial charge in [-0.25, -0.2) is 4.39 Å². The summed E-state index contributed by atoms with van der Waals surface area (Å²) in [7, 11) is 3.35. The molecule has 1 unspecified atom stereocenters. The molecule has 160 valence electrons. The van der Waals surface area contributed by atoms with E-state index in [4.69, 9.17) is 14.2 Å². The highest BCUT2D eigenvalue weighted by Gasteiger charge is 2.06. The number of benzene rings is 2. The normalized spacial score (nSPS) is 11.9. The molecular weight excluding hydrogens is 488 g/mol. The molecule has 0 aromatic heterocycles. The number of nitrogens with one attached hydrogen (secondary N) is 2. The fraction of sp³-hybridized carbons (Fsp3) is 0.381. The summed E-state index contributed by atoms with van der Waals surface area (Å²) in [6, 6.07) is 14.0. The van der Waals surface area contributed by atoms with Crippen molar-refractivity contribution in [3.8, 4) is 11.5 Å². The van der Waals surface area contributed by atoms with Gasteiger partial charge in [-0.2, -0.15) is 0 Å². The third kappa shape index (κ3) is 9.80. The molecule has 2 N–H and O–H groups in total. The highest BCUT2D eigenvalue weighted by molar-refractivity contribution is 14.0. The highest BCUT2D eigenvalue weighted by Crippen LogP contribution is 2.14. The number of ether oxygens (including phenoxy) is 3. The Morgan fingerprint density at radius 3 is 2.48 bits per heavy atom. The van der Waals surface area contributed by atoms with Crippen LogP contribution in [-0.4, -0.2) is 46.0 Å². The molecule has 0 aliphatic carbocycles. The lowest BCUT2D eigenvalue weighted by Gasteiger charge is -2.18. The van der Waals surface area contributed by atoms with Crippen LogP contribution in [0.4, 0.5) is 4.39 Å². The van der Waals surface area contributed by atoms with Crippen LogP contribution in [0.3, 0.4) is 0 Å². The zero-order valence-electron chi connectivity index (χ0n) is 17.0. The van der Waals surface area contributed by atoms with Gasteiger partial charge in [-0.1, -0.05) is 18.2 Å². The predicted molar refractivity (Wildman–Crippen MR) is 124 cm³/mol. The van der Waals surface area contributed by atoms with Gasteiger partial charge in [0.2, 0.25) is 0 Å². The predicted octanol–water partition coefficient (Wildman–Crippen LogP) is 3.60. The maximum atomic E-state index is 13.2. The lowest BCUT2D eigenvalue weighted by molar-refractivity contribution is 0.146. The van der Waals surface area contributed by atoms with Gasteiger partial charge in [-0.15, -0.1) is 24.0 Å². The quantitative estimate of drug-likeness (QED) is 0.218. The smallest absolute Gasteiger partial charge is 0.191 e. The standard InChI is InChI=1S/C21H28FN3O3.HI/c1-16(28-20-6-4-5-18(22)13-20)14-24-21(23-2)25-15-17-7-9-19(10-8-17)27-12-11-26-3;/h4-10,13,16H,11-12,14-15H2,1-3H3,(H2,23,24,25);1H. The molecule has 8 heteroatoms. The van der Waals surface area contributed by atoms with E-state index in [1.165, 1.54) is 12.1 Å². The summed E-state index contributed by atoms with van der Waals surface area (Å²) in [5.41, 5.74) is 1.10. The van der Waals surface area contributed by atoms with E-state index in [0.29, 0.717) is 38.0 Å². The van der Waals surface area contributed by atoms with Gasteiger partial charge in [0, 0.05) is 26.8 Å². The van der Waals surface area contributed by atoms with Crippen LogP contribution in [0.5, 0.6) is 11.5 Å². The van der Waals surface area contributed by atoms with Gasteiger partial charge in [0.1, 0.15) is 30.0 Å². The molecule has 29 heavy (non-hydrogen) atoms. The Morgan fingerprint density at radius 1 is 1.07 bits per heavy atom. The Labute approximate surface area is 188 Å². The lowest BCUT2D eigenvalue weighted by Crippen LogP contribution is -2.41. The number of methoxy groups -OCH3 is 1. The topological polar surface area (TPSA) is 64.1 Å². The molecule has 6 nitrogen and oxygen atoms in total.